The molecule has 3 radical (unpaired) electrons. The van der Waals surface area contributed by atoms with Crippen LogP contribution in [0.4, 0.5) is 0 Å². The van der Waals surface area contributed by atoms with E-state index in [0.29, 0.717) is 0 Å². The molecule has 0 saturated heterocycles. The summed E-state index contributed by atoms with van der Waals surface area (Å²) in [7, 11) is -3.63. The number of hydrogen-bond acceptors (Lipinski definition) is 3. The standard InChI is InChI=1S/B.O3Si.Zn/c;1-4(2)3;/q;-2;+2. The summed E-state index contributed by atoms with van der Waals surface area (Å²) >= 11 is 0. The summed E-state index contributed by atoms with van der Waals surface area (Å²) in [5, 5.41) is 0. The maximum absolute atomic E-state index is 8.52. The zero-order valence-corrected chi connectivity index (χ0v) is 6.98. The molecule has 0 saturated carbocycles. The largest absolute Gasteiger partial charge is 2.00 e. The number of rotatable bonds is 0. The predicted molar refractivity (Wildman–Crippen MR) is 12.2 cm³/mol. The molecular weight excluding hydrogens is 152 g/mol. The maximum Gasteiger partial charge on any atom is 2.00 e. The van der Waals surface area contributed by atoms with E-state index in [9.17, 15) is 0 Å². The Labute approximate surface area is 51.6 Å². The van der Waals surface area contributed by atoms with Crippen molar-refractivity contribution in [3.8, 4) is 0 Å². The molecule has 0 fully saturated rings. The van der Waals surface area contributed by atoms with Crippen molar-refractivity contribution < 1.29 is 33.5 Å². The fourth-order valence-corrected chi connectivity index (χ4v) is 0. The smallest absolute Gasteiger partial charge is 0.672 e. The van der Waals surface area contributed by atoms with Crippen LogP contribution in [0.3, 0.4) is 0 Å². The van der Waals surface area contributed by atoms with E-state index < -0.39 is 9.17 Å². The molecule has 0 spiro atoms. The van der Waals surface area contributed by atoms with Crippen LogP contribution in [0.15, 0.2) is 0 Å². The van der Waals surface area contributed by atoms with Crippen LogP contribution >= 0.6 is 0 Å². The van der Waals surface area contributed by atoms with E-state index in [1.807, 2.05) is 0 Å². The van der Waals surface area contributed by atoms with Gasteiger partial charge in [-0.25, -0.2) is 0 Å². The van der Waals surface area contributed by atoms with Crippen LogP contribution in [0.1, 0.15) is 0 Å². The molecule has 6 heavy (non-hydrogen) atoms. The van der Waals surface area contributed by atoms with Crippen LogP contribution in [0, 0.1) is 0 Å². The second-order valence-electron chi connectivity index (χ2n) is 0.250. The van der Waals surface area contributed by atoms with Crippen LogP contribution < -0.4 is 9.59 Å². The van der Waals surface area contributed by atoms with Crippen molar-refractivity contribution in [2.75, 3.05) is 0 Å². The van der Waals surface area contributed by atoms with E-state index in [1.54, 1.807) is 0 Å². The van der Waals surface area contributed by atoms with Crippen molar-refractivity contribution in [2.45, 2.75) is 0 Å². The average Bonchev–Trinajstić information content (AvgIpc) is 0.811. The van der Waals surface area contributed by atoms with Crippen molar-refractivity contribution in [3.05, 3.63) is 0 Å². The van der Waals surface area contributed by atoms with Crippen LogP contribution in [-0.4, -0.2) is 17.6 Å². The van der Waals surface area contributed by atoms with Gasteiger partial charge in [0, 0.05) is 17.6 Å². The van der Waals surface area contributed by atoms with E-state index in [0.717, 1.165) is 0 Å². The average molecular weight is 152 g/mol. The third-order valence-electron chi connectivity index (χ3n) is 0. The Balaban J connectivity index is -0.0000000450. The summed E-state index contributed by atoms with van der Waals surface area (Å²) in [5.41, 5.74) is 0. The second-order valence-corrected chi connectivity index (χ2v) is 0.750. The van der Waals surface area contributed by atoms with Gasteiger partial charge < -0.3 is 14.1 Å². The van der Waals surface area contributed by atoms with Crippen LogP contribution in [0.25, 0.3) is 0 Å². The van der Waals surface area contributed by atoms with Crippen LogP contribution in [0.5, 0.6) is 0 Å². The molecule has 0 rings (SSSR count). The molecule has 3 nitrogen and oxygen atoms in total. The first-order valence-corrected chi connectivity index (χ1v) is 1.84. The molecule has 0 bridgehead atoms. The summed E-state index contributed by atoms with van der Waals surface area (Å²) in [6.07, 6.45) is 0. The summed E-state index contributed by atoms with van der Waals surface area (Å²) in [5.74, 6) is 0. The molecule has 0 unspecified atom stereocenters. The molecule has 0 aromatic heterocycles. The van der Waals surface area contributed by atoms with Crippen LogP contribution in [-0.2, 0) is 23.9 Å². The van der Waals surface area contributed by atoms with Gasteiger partial charge in [-0.15, -0.1) is 0 Å². The van der Waals surface area contributed by atoms with Crippen LogP contribution in [0.2, 0.25) is 0 Å². The Morgan fingerprint density at radius 3 is 1.33 bits per heavy atom. The van der Waals surface area contributed by atoms with Gasteiger partial charge in [-0.05, 0) is 0 Å². The van der Waals surface area contributed by atoms with Crippen molar-refractivity contribution >= 4 is 17.6 Å². The van der Waals surface area contributed by atoms with Gasteiger partial charge in [0.25, 0.3) is 0 Å². The second kappa shape index (κ2) is 9.00. The van der Waals surface area contributed by atoms with E-state index in [2.05, 4.69) is 0 Å². The minimum Gasteiger partial charge on any atom is -0.672 e. The molecule has 0 N–H and O–H groups in total. The summed E-state index contributed by atoms with van der Waals surface area (Å²) in [6.45, 7) is 0. The molecule has 0 heterocycles. The SMILES string of the molecule is O=[Si]([O-])[O-].[B].[Zn+2]. The van der Waals surface area contributed by atoms with Gasteiger partial charge in [-0.3, -0.25) is 0 Å². The maximum atomic E-state index is 8.52. The zero-order chi connectivity index (χ0) is 3.58. The Morgan fingerprint density at radius 1 is 1.33 bits per heavy atom. The first-order valence-electron chi connectivity index (χ1n) is 0.612. The Bertz CT molecular complexity index is 33.8. The molecule has 6 heteroatoms. The Hall–Kier alpha value is 0.305. The van der Waals surface area contributed by atoms with Gasteiger partial charge in [0.05, 0.1) is 0 Å². The summed E-state index contributed by atoms with van der Waals surface area (Å²) in [6, 6.07) is 0. The van der Waals surface area contributed by atoms with Gasteiger partial charge in [0.1, 0.15) is 0 Å². The van der Waals surface area contributed by atoms with Crippen molar-refractivity contribution in [1.82, 2.24) is 0 Å². The van der Waals surface area contributed by atoms with Gasteiger partial charge in [0.15, 0.2) is 0 Å². The molecule has 0 amide bonds. The molecule has 27 valence electrons. The fraction of sp³-hybridized carbons (Fsp3) is 0. The minimum absolute atomic E-state index is 0. The van der Waals surface area contributed by atoms with E-state index in [1.165, 1.54) is 0 Å². The van der Waals surface area contributed by atoms with Gasteiger partial charge in [0.2, 0.25) is 0 Å². The van der Waals surface area contributed by atoms with Gasteiger partial charge in [-0.2, -0.15) is 0 Å². The van der Waals surface area contributed by atoms with E-state index in [4.69, 9.17) is 14.1 Å². The minimum atomic E-state index is -3.63. The van der Waals surface area contributed by atoms with Crippen molar-refractivity contribution in [2.24, 2.45) is 0 Å². The molecular formula is BO3SiZn. The first kappa shape index (κ1) is 16.2. The topological polar surface area (TPSA) is 63.2 Å². The number of hydrogen-bond donors (Lipinski definition) is 0. The zero-order valence-electron chi connectivity index (χ0n) is 3.01. The normalized spacial score (nSPS) is 4.00. The third-order valence-corrected chi connectivity index (χ3v) is 0. The predicted octanol–water partition coefficient (Wildman–Crippen LogP) is -3.26. The molecule has 0 aromatic carbocycles. The third kappa shape index (κ3) is 505. The van der Waals surface area contributed by atoms with E-state index in [-0.39, 0.29) is 27.9 Å². The molecule has 0 aliphatic carbocycles. The van der Waals surface area contributed by atoms with Crippen molar-refractivity contribution in [1.29, 1.82) is 0 Å². The van der Waals surface area contributed by atoms with E-state index >= 15 is 0 Å². The van der Waals surface area contributed by atoms with Crippen molar-refractivity contribution in [3.63, 3.8) is 0 Å². The van der Waals surface area contributed by atoms with Gasteiger partial charge >= 0.3 is 19.5 Å². The summed E-state index contributed by atoms with van der Waals surface area (Å²) < 4.78 is 8.52. The molecule has 0 aliphatic rings. The Kier molecular flexibility index (Phi) is 24.4. The first-order chi connectivity index (χ1) is 1.73. The fourth-order valence-electron chi connectivity index (χ4n) is 0. The van der Waals surface area contributed by atoms with Gasteiger partial charge in [-0.1, -0.05) is 0 Å². The molecule has 0 atom stereocenters. The Morgan fingerprint density at radius 2 is 1.33 bits per heavy atom. The quantitative estimate of drug-likeness (QED) is 0.342. The molecule has 0 aliphatic heterocycles. The monoisotopic (exact) mass is 151 g/mol. The summed E-state index contributed by atoms with van der Waals surface area (Å²) in [4.78, 5) is 17.0. The molecule has 0 aromatic rings.